The lowest BCUT2D eigenvalue weighted by molar-refractivity contribution is -0.384. The number of halogens is 1. The summed E-state index contributed by atoms with van der Waals surface area (Å²) in [6.45, 7) is 3.77. The number of amides is 2. The van der Waals surface area contributed by atoms with E-state index in [1.807, 2.05) is 0 Å². The molecule has 0 spiro atoms. The Morgan fingerprint density at radius 1 is 1.17 bits per heavy atom. The average molecular weight is 525 g/mol. The highest BCUT2D eigenvalue weighted by atomic mass is 32.2. The van der Waals surface area contributed by atoms with Gasteiger partial charge < -0.3 is 15.0 Å². The number of nitro groups is 1. The standard InChI is InChI=1S/C23H29FN4O7S/c1-15(2)25-23(30)16(3)26(13-17-8-6-7-9-19(17)24)22(29)14-27(36(5,33)34)20-12-18(28(31)32)10-11-21(20)35-4/h6-12,15-16H,13-14H2,1-5H3,(H,25,30). The molecule has 1 atom stereocenters. The molecule has 0 fully saturated rings. The Morgan fingerprint density at radius 3 is 2.33 bits per heavy atom. The third-order valence-electron chi connectivity index (χ3n) is 5.22. The SMILES string of the molecule is COc1ccc([N+](=O)[O-])cc1N(CC(=O)N(Cc1ccccc1F)C(C)C(=O)NC(C)C)S(C)(=O)=O. The van der Waals surface area contributed by atoms with E-state index in [1.54, 1.807) is 19.9 Å². The molecule has 0 heterocycles. The minimum Gasteiger partial charge on any atom is -0.495 e. The molecular formula is C23H29FN4O7S. The second-order valence-electron chi connectivity index (χ2n) is 8.34. The predicted molar refractivity (Wildman–Crippen MR) is 132 cm³/mol. The molecule has 0 aromatic heterocycles. The Labute approximate surface area is 209 Å². The van der Waals surface area contributed by atoms with Crippen LogP contribution in [0, 0.1) is 15.9 Å². The number of hydrogen-bond acceptors (Lipinski definition) is 7. The topological polar surface area (TPSA) is 139 Å². The summed E-state index contributed by atoms with van der Waals surface area (Å²) in [6.07, 6.45) is 0.828. The lowest BCUT2D eigenvalue weighted by atomic mass is 10.1. The molecule has 0 aliphatic carbocycles. The van der Waals surface area contributed by atoms with Crippen molar-refractivity contribution in [3.63, 3.8) is 0 Å². The molecule has 0 saturated carbocycles. The number of benzene rings is 2. The first kappa shape index (κ1) is 28.5. The van der Waals surface area contributed by atoms with E-state index in [2.05, 4.69) is 5.32 Å². The van der Waals surface area contributed by atoms with Crippen molar-refractivity contribution in [1.29, 1.82) is 0 Å². The quantitative estimate of drug-likeness (QED) is 0.352. The summed E-state index contributed by atoms with van der Waals surface area (Å²) < 4.78 is 45.6. The predicted octanol–water partition coefficient (Wildman–Crippen LogP) is 2.45. The van der Waals surface area contributed by atoms with Crippen LogP contribution in [-0.4, -0.2) is 62.0 Å². The van der Waals surface area contributed by atoms with Crippen LogP contribution in [-0.2, 0) is 26.2 Å². The fourth-order valence-electron chi connectivity index (χ4n) is 3.38. The molecule has 2 aromatic carbocycles. The van der Waals surface area contributed by atoms with Crippen LogP contribution in [0.4, 0.5) is 15.8 Å². The lowest BCUT2D eigenvalue weighted by Crippen LogP contribution is -2.52. The maximum atomic E-state index is 14.4. The highest BCUT2D eigenvalue weighted by molar-refractivity contribution is 7.92. The maximum absolute atomic E-state index is 14.4. The molecular weight excluding hydrogens is 495 g/mol. The first-order valence-electron chi connectivity index (χ1n) is 10.9. The number of non-ortho nitro benzene ring substituents is 1. The number of carbonyl (C=O) groups excluding carboxylic acids is 2. The van der Waals surface area contributed by atoms with Crippen LogP contribution in [0.15, 0.2) is 42.5 Å². The van der Waals surface area contributed by atoms with Gasteiger partial charge in [-0.05, 0) is 32.9 Å². The molecule has 1 unspecified atom stereocenters. The van der Waals surface area contributed by atoms with E-state index in [-0.39, 0.29) is 29.6 Å². The van der Waals surface area contributed by atoms with Gasteiger partial charge in [-0.25, -0.2) is 12.8 Å². The van der Waals surface area contributed by atoms with Gasteiger partial charge >= 0.3 is 0 Å². The number of anilines is 1. The summed E-state index contributed by atoms with van der Waals surface area (Å²) in [5.74, 6) is -1.98. The van der Waals surface area contributed by atoms with Crippen LogP contribution < -0.4 is 14.4 Å². The van der Waals surface area contributed by atoms with Crippen LogP contribution in [0.5, 0.6) is 5.75 Å². The molecule has 0 radical (unpaired) electrons. The van der Waals surface area contributed by atoms with Gasteiger partial charge in [0.15, 0.2) is 0 Å². The van der Waals surface area contributed by atoms with E-state index in [4.69, 9.17) is 4.74 Å². The molecule has 2 rings (SSSR count). The van der Waals surface area contributed by atoms with E-state index in [9.17, 15) is 32.5 Å². The van der Waals surface area contributed by atoms with E-state index >= 15 is 0 Å². The number of rotatable bonds is 11. The molecule has 36 heavy (non-hydrogen) atoms. The Morgan fingerprint density at radius 2 is 1.81 bits per heavy atom. The zero-order valence-corrected chi connectivity index (χ0v) is 21.4. The number of sulfonamides is 1. The third kappa shape index (κ3) is 7.13. The highest BCUT2D eigenvalue weighted by Gasteiger charge is 2.32. The van der Waals surface area contributed by atoms with Crippen LogP contribution in [0.3, 0.4) is 0 Å². The summed E-state index contributed by atoms with van der Waals surface area (Å²) in [7, 11) is -2.91. The maximum Gasteiger partial charge on any atom is 0.271 e. The lowest BCUT2D eigenvalue weighted by Gasteiger charge is -2.32. The zero-order chi connectivity index (χ0) is 27.2. The first-order valence-corrected chi connectivity index (χ1v) is 12.7. The van der Waals surface area contributed by atoms with Gasteiger partial charge in [0.25, 0.3) is 5.69 Å². The smallest absolute Gasteiger partial charge is 0.271 e. The molecule has 0 aliphatic rings. The van der Waals surface area contributed by atoms with Crippen LogP contribution >= 0.6 is 0 Å². The van der Waals surface area contributed by atoms with Gasteiger partial charge in [-0.3, -0.25) is 24.0 Å². The summed E-state index contributed by atoms with van der Waals surface area (Å²) >= 11 is 0. The second-order valence-corrected chi connectivity index (χ2v) is 10.2. The third-order valence-corrected chi connectivity index (χ3v) is 6.34. The van der Waals surface area contributed by atoms with Crippen molar-refractivity contribution in [2.24, 2.45) is 0 Å². The minimum atomic E-state index is -4.16. The monoisotopic (exact) mass is 524 g/mol. The number of ether oxygens (including phenoxy) is 1. The van der Waals surface area contributed by atoms with E-state index in [0.29, 0.717) is 4.31 Å². The van der Waals surface area contributed by atoms with E-state index in [1.165, 1.54) is 38.3 Å². The van der Waals surface area contributed by atoms with Crippen LogP contribution in [0.2, 0.25) is 0 Å². The van der Waals surface area contributed by atoms with Gasteiger partial charge in [0.1, 0.15) is 29.8 Å². The largest absolute Gasteiger partial charge is 0.495 e. The first-order chi connectivity index (χ1) is 16.8. The summed E-state index contributed by atoms with van der Waals surface area (Å²) in [6, 6.07) is 7.67. The Kier molecular flexibility index (Phi) is 9.34. The van der Waals surface area contributed by atoms with Crippen molar-refractivity contribution in [1.82, 2.24) is 10.2 Å². The van der Waals surface area contributed by atoms with Crippen LogP contribution in [0.25, 0.3) is 0 Å². The molecule has 11 nitrogen and oxygen atoms in total. The molecule has 2 amide bonds. The van der Waals surface area contributed by atoms with Crippen molar-refractivity contribution in [3.05, 3.63) is 64.0 Å². The zero-order valence-electron chi connectivity index (χ0n) is 20.6. The van der Waals surface area contributed by atoms with Gasteiger partial charge in [0.2, 0.25) is 21.8 Å². The van der Waals surface area contributed by atoms with Gasteiger partial charge in [0, 0.05) is 30.3 Å². The fourth-order valence-corrected chi connectivity index (χ4v) is 4.22. The van der Waals surface area contributed by atoms with Gasteiger partial charge in [-0.15, -0.1) is 0 Å². The number of nitrogens with zero attached hydrogens (tertiary/aromatic N) is 3. The normalized spacial score (nSPS) is 12.1. The van der Waals surface area contributed by atoms with E-state index < -0.39 is 50.9 Å². The number of methoxy groups -OCH3 is 1. The molecule has 2 aromatic rings. The second kappa shape index (κ2) is 11.8. The number of hydrogen-bond donors (Lipinski definition) is 1. The molecule has 196 valence electrons. The number of nitro benzene ring substituents is 1. The van der Waals surface area contributed by atoms with Crippen molar-refractivity contribution in [3.8, 4) is 5.75 Å². The van der Waals surface area contributed by atoms with Gasteiger partial charge in [-0.1, -0.05) is 18.2 Å². The molecule has 0 bridgehead atoms. The average Bonchev–Trinajstić information content (AvgIpc) is 2.79. The van der Waals surface area contributed by atoms with Gasteiger partial charge in [-0.2, -0.15) is 0 Å². The summed E-state index contributed by atoms with van der Waals surface area (Å²) in [5, 5.41) is 14.0. The van der Waals surface area contributed by atoms with Crippen molar-refractivity contribution < 1.29 is 32.1 Å². The number of nitrogens with one attached hydrogen (secondary N) is 1. The summed E-state index contributed by atoms with van der Waals surface area (Å²) in [4.78, 5) is 37.8. The van der Waals surface area contributed by atoms with Crippen molar-refractivity contribution >= 4 is 33.2 Å². The van der Waals surface area contributed by atoms with Gasteiger partial charge in [0.05, 0.1) is 18.3 Å². The Balaban J connectivity index is 2.53. The van der Waals surface area contributed by atoms with Crippen LogP contribution in [0.1, 0.15) is 26.3 Å². The highest BCUT2D eigenvalue weighted by Crippen LogP contribution is 2.34. The molecule has 1 N–H and O–H groups in total. The molecule has 0 saturated heterocycles. The fraction of sp³-hybridized carbons (Fsp3) is 0.391. The number of carbonyl (C=O) groups is 2. The summed E-state index contributed by atoms with van der Waals surface area (Å²) in [5.41, 5.74) is -0.527. The Bertz CT molecular complexity index is 1240. The van der Waals surface area contributed by atoms with E-state index in [0.717, 1.165) is 23.3 Å². The molecule has 0 aliphatic heterocycles. The van der Waals surface area contributed by atoms with Crippen molar-refractivity contribution in [2.45, 2.75) is 39.4 Å². The Hall–Kier alpha value is -3.74. The molecule has 13 heteroatoms. The minimum absolute atomic E-state index is 0.0231. The van der Waals surface area contributed by atoms with Crippen molar-refractivity contribution in [2.75, 3.05) is 24.2 Å².